The summed E-state index contributed by atoms with van der Waals surface area (Å²) in [6, 6.07) is 9.28. The molecule has 2 aromatic carbocycles. The number of hydrogen-bond donors (Lipinski definition) is 3. The predicted octanol–water partition coefficient (Wildman–Crippen LogP) is 4.38. The van der Waals surface area contributed by atoms with Crippen LogP contribution in [-0.2, 0) is 69.0 Å². The lowest BCUT2D eigenvalue weighted by atomic mass is 10.0. The number of anilines is 1. The number of benzene rings is 2. The summed E-state index contributed by atoms with van der Waals surface area (Å²) in [4.78, 5) is 54.5. The molecule has 0 unspecified atom stereocenters. The molecule has 1 aliphatic heterocycles. The molecule has 1 fully saturated rings. The summed E-state index contributed by atoms with van der Waals surface area (Å²) in [6.45, 7) is 14.4. The van der Waals surface area contributed by atoms with Gasteiger partial charge in [-0.05, 0) is 108 Å². The van der Waals surface area contributed by atoms with E-state index >= 15 is 0 Å². The molecule has 0 aliphatic carbocycles. The van der Waals surface area contributed by atoms with Crippen LogP contribution in [0.5, 0.6) is 0 Å². The number of ether oxygens (including phenoxy) is 6. The molecular formula is C46H68ClFN8O10. The second-order valence-electron chi connectivity index (χ2n) is 16.8. The van der Waals surface area contributed by atoms with Crippen LogP contribution in [0, 0.1) is 5.82 Å². The van der Waals surface area contributed by atoms with Crippen LogP contribution < -0.4 is 16.0 Å². The van der Waals surface area contributed by atoms with E-state index in [2.05, 4.69) is 36.1 Å². The first-order valence-corrected chi connectivity index (χ1v) is 23.0. The van der Waals surface area contributed by atoms with Crippen molar-refractivity contribution in [1.82, 2.24) is 35.4 Å². The lowest BCUT2D eigenvalue weighted by Gasteiger charge is -2.27. The molecule has 20 heteroatoms. The zero-order valence-electron chi connectivity index (χ0n) is 38.9. The van der Waals surface area contributed by atoms with Gasteiger partial charge in [0, 0.05) is 37.4 Å². The minimum absolute atomic E-state index is 0.0340. The van der Waals surface area contributed by atoms with Gasteiger partial charge in [0.25, 0.3) is 5.91 Å². The van der Waals surface area contributed by atoms with Crippen molar-refractivity contribution in [2.24, 2.45) is 0 Å². The Bertz CT molecular complexity index is 1940. The molecular weight excluding hydrogens is 879 g/mol. The summed E-state index contributed by atoms with van der Waals surface area (Å²) in [5.74, 6) is -2.77. The van der Waals surface area contributed by atoms with Crippen molar-refractivity contribution in [3.05, 3.63) is 75.8 Å². The van der Waals surface area contributed by atoms with Crippen LogP contribution in [0.25, 0.3) is 0 Å². The summed E-state index contributed by atoms with van der Waals surface area (Å²) >= 11 is 5.78. The first-order chi connectivity index (χ1) is 31.8. The van der Waals surface area contributed by atoms with E-state index < -0.39 is 29.1 Å². The van der Waals surface area contributed by atoms with Crippen molar-refractivity contribution >= 4 is 41.0 Å². The Balaban J connectivity index is 0.986. The van der Waals surface area contributed by atoms with Gasteiger partial charge in [-0.1, -0.05) is 29.3 Å². The summed E-state index contributed by atoms with van der Waals surface area (Å²) in [7, 11) is 1.96. The van der Waals surface area contributed by atoms with Crippen LogP contribution in [0.4, 0.5) is 10.1 Å². The van der Waals surface area contributed by atoms with E-state index in [-0.39, 0.29) is 36.3 Å². The number of esters is 1. The van der Waals surface area contributed by atoms with E-state index in [1.54, 1.807) is 29.1 Å². The second-order valence-corrected chi connectivity index (χ2v) is 17.2. The average Bonchev–Trinajstić information content (AvgIpc) is 3.74. The van der Waals surface area contributed by atoms with Gasteiger partial charge in [0.2, 0.25) is 0 Å². The molecule has 4 rings (SSSR count). The predicted molar refractivity (Wildman–Crippen MR) is 245 cm³/mol. The molecule has 18 nitrogen and oxygen atoms in total. The number of hydrogen-bond acceptors (Lipinski definition) is 14. The summed E-state index contributed by atoms with van der Waals surface area (Å²) in [6.07, 6.45) is 6.00. The number of carbonyl (C=O) groups is 4. The Morgan fingerprint density at radius 2 is 1.48 bits per heavy atom. The second kappa shape index (κ2) is 29.9. The Morgan fingerprint density at radius 1 is 0.803 bits per heavy atom. The average molecular weight is 948 g/mol. The molecule has 3 amide bonds. The molecule has 366 valence electrons. The highest BCUT2D eigenvalue weighted by Crippen LogP contribution is 2.22. The van der Waals surface area contributed by atoms with Crippen molar-refractivity contribution in [2.45, 2.75) is 84.7 Å². The smallest absolute Gasteiger partial charge is 0.309 e. The molecule has 0 atom stereocenters. The summed E-state index contributed by atoms with van der Waals surface area (Å²) in [5.41, 5.74) is 2.53. The minimum atomic E-state index is -0.738. The molecule has 0 saturated carbocycles. The Morgan fingerprint density at radius 3 is 2.21 bits per heavy atom. The van der Waals surface area contributed by atoms with Gasteiger partial charge in [0.1, 0.15) is 17.1 Å². The molecule has 0 spiro atoms. The normalized spacial score (nSPS) is 13.2. The first kappa shape index (κ1) is 54.0. The summed E-state index contributed by atoms with van der Waals surface area (Å²) in [5, 5.41) is 16.3. The van der Waals surface area contributed by atoms with Crippen LogP contribution >= 0.6 is 11.6 Å². The third kappa shape index (κ3) is 22.3. The minimum Gasteiger partial charge on any atom is -0.460 e. The molecule has 3 aromatic rings. The Hall–Kier alpha value is -4.60. The van der Waals surface area contributed by atoms with Crippen LogP contribution in [0.2, 0.25) is 5.02 Å². The number of nitrogens with zero attached hydrogens (tertiary/aromatic N) is 5. The Kier molecular flexibility index (Phi) is 24.5. The number of piperidine rings is 1. The lowest BCUT2D eigenvalue weighted by Crippen LogP contribution is -2.40. The third-order valence-electron chi connectivity index (χ3n) is 10.0. The number of likely N-dealkylation sites (tertiary alicyclic amines) is 1. The number of aromatic nitrogens is 3. The molecule has 1 aromatic heterocycles. The van der Waals surface area contributed by atoms with Crippen molar-refractivity contribution in [2.75, 3.05) is 105 Å². The van der Waals surface area contributed by atoms with Gasteiger partial charge in [-0.2, -0.15) is 0 Å². The maximum atomic E-state index is 14.0. The molecule has 0 bridgehead atoms. The van der Waals surface area contributed by atoms with Gasteiger partial charge in [0.05, 0.1) is 90.3 Å². The van der Waals surface area contributed by atoms with Crippen molar-refractivity contribution < 1.29 is 52.0 Å². The number of amides is 3. The lowest BCUT2D eigenvalue weighted by molar-refractivity contribution is -0.156. The fourth-order valence-corrected chi connectivity index (χ4v) is 6.72. The first-order valence-electron chi connectivity index (χ1n) is 22.6. The highest BCUT2D eigenvalue weighted by molar-refractivity contribution is 6.35. The molecule has 3 N–H and O–H groups in total. The molecule has 2 heterocycles. The van der Waals surface area contributed by atoms with E-state index in [9.17, 15) is 23.6 Å². The Labute approximate surface area is 392 Å². The summed E-state index contributed by atoms with van der Waals surface area (Å²) < 4.78 is 48.8. The zero-order chi connectivity index (χ0) is 47.6. The van der Waals surface area contributed by atoms with E-state index in [0.29, 0.717) is 110 Å². The number of halogens is 2. The van der Waals surface area contributed by atoms with Crippen LogP contribution in [0.15, 0.2) is 42.6 Å². The SMILES string of the molecule is CN(CCCNC(=O)C(=O)NCc1ccc(C(=O)Nc2ccc(Cl)c(F)c2)cc1CN1CCCCC1)CCOCCOCCOCc1cn(CCOCCOCCC(=O)OC(C)(C)C)nn1. The number of nitrogens with one attached hydrogen (secondary N) is 3. The number of rotatable bonds is 30. The van der Waals surface area contributed by atoms with Crippen molar-refractivity contribution in [1.29, 1.82) is 0 Å². The highest BCUT2D eigenvalue weighted by atomic mass is 35.5. The van der Waals surface area contributed by atoms with Gasteiger partial charge >= 0.3 is 17.8 Å². The van der Waals surface area contributed by atoms with Crippen LogP contribution in [0.1, 0.15) is 80.1 Å². The van der Waals surface area contributed by atoms with Gasteiger partial charge in [-0.15, -0.1) is 5.10 Å². The molecule has 1 aliphatic rings. The monoisotopic (exact) mass is 946 g/mol. The quantitative estimate of drug-likeness (QED) is 0.0484. The van der Waals surface area contributed by atoms with E-state index in [0.717, 1.165) is 43.1 Å². The van der Waals surface area contributed by atoms with Gasteiger partial charge in [-0.3, -0.25) is 24.1 Å². The van der Waals surface area contributed by atoms with Crippen molar-refractivity contribution in [3.8, 4) is 0 Å². The number of likely N-dealkylation sites (N-methyl/N-ethyl adjacent to an activating group) is 1. The highest BCUT2D eigenvalue weighted by Gasteiger charge is 2.19. The zero-order valence-corrected chi connectivity index (χ0v) is 39.6. The fourth-order valence-electron chi connectivity index (χ4n) is 6.60. The van der Waals surface area contributed by atoms with Gasteiger partial charge in [0.15, 0.2) is 0 Å². The van der Waals surface area contributed by atoms with Gasteiger partial charge < -0.3 is 49.3 Å². The topological polar surface area (TPSA) is 197 Å². The standard InChI is InChI=1S/C46H68ClFN8O10/c1-46(2,3)66-42(57)13-20-61-23-24-63-22-19-56-33-39(52-53-56)34-65-28-27-64-26-25-62-21-18-54(4)15-8-14-49-44(59)45(60)50-31-36-10-9-35(29-37(36)32-55-16-6-5-7-17-55)43(58)51-38-11-12-40(47)41(48)30-38/h9-12,29-30,33H,5-8,13-28,31-32,34H2,1-4H3,(H,49,59)(H,50,60)(H,51,58). The maximum absolute atomic E-state index is 14.0. The van der Waals surface area contributed by atoms with Crippen molar-refractivity contribution in [3.63, 3.8) is 0 Å². The van der Waals surface area contributed by atoms with Crippen LogP contribution in [0.3, 0.4) is 0 Å². The van der Waals surface area contributed by atoms with E-state index in [1.165, 1.54) is 18.6 Å². The van der Waals surface area contributed by atoms with E-state index in [4.69, 9.17) is 40.0 Å². The van der Waals surface area contributed by atoms with Crippen LogP contribution in [-0.4, -0.2) is 153 Å². The van der Waals surface area contributed by atoms with Gasteiger partial charge in [-0.25, -0.2) is 9.07 Å². The fraction of sp³-hybridized carbons (Fsp3) is 0.609. The number of carbonyl (C=O) groups excluding carboxylic acids is 4. The van der Waals surface area contributed by atoms with E-state index in [1.807, 2.05) is 27.8 Å². The third-order valence-corrected chi connectivity index (χ3v) is 10.3. The molecule has 1 saturated heterocycles. The maximum Gasteiger partial charge on any atom is 0.309 e. The molecule has 0 radical (unpaired) electrons. The largest absolute Gasteiger partial charge is 0.460 e. The molecule has 66 heavy (non-hydrogen) atoms.